The molecule has 3 rings (SSSR count). The van der Waals surface area contributed by atoms with Crippen molar-refractivity contribution in [3.8, 4) is 5.75 Å². The fraction of sp³-hybridized carbons (Fsp3) is 0.480. The zero-order valence-corrected chi connectivity index (χ0v) is 20.7. The number of benzene rings is 2. The van der Waals surface area contributed by atoms with Gasteiger partial charge in [0.1, 0.15) is 11.4 Å². The Bertz CT molecular complexity index is 1020. The van der Waals surface area contributed by atoms with Crippen LogP contribution in [0, 0.1) is 0 Å². The van der Waals surface area contributed by atoms with E-state index in [9.17, 15) is 13.2 Å². The van der Waals surface area contributed by atoms with Gasteiger partial charge in [-0.1, -0.05) is 24.3 Å². The number of amides is 1. The predicted molar refractivity (Wildman–Crippen MR) is 128 cm³/mol. The second-order valence-corrected chi connectivity index (χ2v) is 11.4. The summed E-state index contributed by atoms with van der Waals surface area (Å²) in [6.07, 6.45) is 1.72. The smallest absolute Gasteiger partial charge is 0.410 e. The van der Waals surface area contributed by atoms with Crippen molar-refractivity contribution in [2.24, 2.45) is 0 Å². The molecule has 0 unspecified atom stereocenters. The van der Waals surface area contributed by atoms with Crippen LogP contribution in [0.4, 0.5) is 4.79 Å². The van der Waals surface area contributed by atoms with Gasteiger partial charge in [0.15, 0.2) is 9.84 Å². The Morgan fingerprint density at radius 2 is 1.48 bits per heavy atom. The van der Waals surface area contributed by atoms with Gasteiger partial charge in [-0.05, 0) is 56.2 Å². The van der Waals surface area contributed by atoms with Crippen LogP contribution in [0.15, 0.2) is 53.4 Å². The van der Waals surface area contributed by atoms with Crippen LogP contribution in [0.3, 0.4) is 0 Å². The minimum absolute atomic E-state index is 0.236. The standard InChI is InChI=1S/C25H34N2O5S/c1-25(2,3)32-24(28)27-16-14-26(15-17-27)19-21-7-5-20(6-8-21)13-18-31-22-9-11-23(12-10-22)33(4,29)30/h5-12H,13-19H2,1-4H3. The summed E-state index contributed by atoms with van der Waals surface area (Å²) >= 11 is 0. The van der Waals surface area contributed by atoms with E-state index in [0.29, 0.717) is 25.4 Å². The lowest BCUT2D eigenvalue weighted by Gasteiger charge is -2.35. The first kappa shape index (κ1) is 25.1. The molecule has 1 heterocycles. The monoisotopic (exact) mass is 474 g/mol. The molecule has 2 aromatic rings. The Hall–Kier alpha value is -2.58. The fourth-order valence-electron chi connectivity index (χ4n) is 3.55. The summed E-state index contributed by atoms with van der Waals surface area (Å²) in [4.78, 5) is 16.6. The van der Waals surface area contributed by atoms with E-state index in [1.807, 2.05) is 20.8 Å². The summed E-state index contributed by atoms with van der Waals surface area (Å²) < 4.78 is 34.2. The number of hydrogen-bond acceptors (Lipinski definition) is 6. The zero-order valence-electron chi connectivity index (χ0n) is 19.9. The summed E-state index contributed by atoms with van der Waals surface area (Å²) in [5, 5.41) is 0. The van der Waals surface area contributed by atoms with Gasteiger partial charge in [0.2, 0.25) is 0 Å². The van der Waals surface area contributed by atoms with Crippen LogP contribution < -0.4 is 4.74 Å². The quantitative estimate of drug-likeness (QED) is 0.608. The van der Waals surface area contributed by atoms with Crippen LogP contribution in [0.1, 0.15) is 31.9 Å². The number of hydrogen-bond donors (Lipinski definition) is 0. The molecular weight excluding hydrogens is 440 g/mol. The zero-order chi connectivity index (χ0) is 24.1. The highest BCUT2D eigenvalue weighted by atomic mass is 32.2. The van der Waals surface area contributed by atoms with Crippen LogP contribution in [0.2, 0.25) is 0 Å². The molecule has 1 aliphatic rings. The molecule has 0 bridgehead atoms. The molecule has 180 valence electrons. The Labute approximate surface area is 197 Å². The van der Waals surface area contributed by atoms with Crippen LogP contribution in [-0.2, 0) is 27.5 Å². The van der Waals surface area contributed by atoms with Crippen molar-refractivity contribution in [2.45, 2.75) is 44.2 Å². The lowest BCUT2D eigenvalue weighted by Crippen LogP contribution is -2.49. The highest BCUT2D eigenvalue weighted by molar-refractivity contribution is 7.90. The topological polar surface area (TPSA) is 76.2 Å². The van der Waals surface area contributed by atoms with Crippen LogP contribution >= 0.6 is 0 Å². The van der Waals surface area contributed by atoms with Gasteiger partial charge < -0.3 is 14.4 Å². The van der Waals surface area contributed by atoms with Crippen molar-refractivity contribution in [1.29, 1.82) is 0 Å². The van der Waals surface area contributed by atoms with Gasteiger partial charge in [-0.3, -0.25) is 4.90 Å². The molecule has 0 spiro atoms. The molecule has 33 heavy (non-hydrogen) atoms. The highest BCUT2D eigenvalue weighted by Crippen LogP contribution is 2.17. The Balaban J connectivity index is 1.40. The first-order chi connectivity index (χ1) is 15.5. The molecular formula is C25H34N2O5S. The average Bonchev–Trinajstić information content (AvgIpc) is 2.74. The third-order valence-electron chi connectivity index (χ3n) is 5.36. The van der Waals surface area contributed by atoms with E-state index in [2.05, 4.69) is 29.2 Å². The lowest BCUT2D eigenvalue weighted by molar-refractivity contribution is 0.0139. The highest BCUT2D eigenvalue weighted by Gasteiger charge is 2.25. The number of carbonyl (C=O) groups is 1. The maximum Gasteiger partial charge on any atom is 0.410 e. The molecule has 1 amide bonds. The molecule has 0 atom stereocenters. The maximum atomic E-state index is 12.2. The van der Waals surface area contributed by atoms with Crippen LogP contribution in [-0.4, -0.2) is 69.0 Å². The van der Waals surface area contributed by atoms with Crippen LogP contribution in [0.25, 0.3) is 0 Å². The summed E-state index contributed by atoms with van der Waals surface area (Å²) in [6, 6.07) is 15.0. The predicted octanol–water partition coefficient (Wildman–Crippen LogP) is 3.76. The minimum atomic E-state index is -3.19. The average molecular weight is 475 g/mol. The van der Waals surface area contributed by atoms with Gasteiger partial charge >= 0.3 is 6.09 Å². The number of rotatable bonds is 7. The van der Waals surface area contributed by atoms with Crippen molar-refractivity contribution in [2.75, 3.05) is 39.0 Å². The van der Waals surface area contributed by atoms with Gasteiger partial charge in [0.25, 0.3) is 0 Å². The number of carbonyl (C=O) groups excluding carboxylic acids is 1. The molecule has 0 N–H and O–H groups in total. The van der Waals surface area contributed by atoms with E-state index in [1.54, 1.807) is 29.2 Å². The van der Waals surface area contributed by atoms with E-state index < -0.39 is 15.4 Å². The molecule has 0 aromatic heterocycles. The van der Waals surface area contributed by atoms with E-state index in [1.165, 1.54) is 17.4 Å². The second-order valence-electron chi connectivity index (χ2n) is 9.40. The van der Waals surface area contributed by atoms with Gasteiger partial charge in [-0.25, -0.2) is 13.2 Å². The van der Waals surface area contributed by atoms with Gasteiger partial charge in [-0.15, -0.1) is 0 Å². The van der Waals surface area contributed by atoms with Crippen molar-refractivity contribution >= 4 is 15.9 Å². The molecule has 0 saturated carbocycles. The van der Waals surface area contributed by atoms with E-state index in [4.69, 9.17) is 9.47 Å². The SMILES string of the molecule is CC(C)(C)OC(=O)N1CCN(Cc2ccc(CCOc3ccc(S(C)(=O)=O)cc3)cc2)CC1. The Kier molecular flexibility index (Phi) is 8.02. The number of ether oxygens (including phenoxy) is 2. The second kappa shape index (κ2) is 10.6. The first-order valence-corrected chi connectivity index (χ1v) is 13.1. The fourth-order valence-corrected chi connectivity index (χ4v) is 4.18. The Morgan fingerprint density at radius 3 is 2.03 bits per heavy atom. The lowest BCUT2D eigenvalue weighted by atomic mass is 10.1. The molecule has 0 radical (unpaired) electrons. The molecule has 2 aromatic carbocycles. The van der Waals surface area contributed by atoms with Gasteiger partial charge in [-0.2, -0.15) is 0 Å². The van der Waals surface area contributed by atoms with Crippen molar-refractivity contribution in [3.63, 3.8) is 0 Å². The first-order valence-electron chi connectivity index (χ1n) is 11.2. The summed E-state index contributed by atoms with van der Waals surface area (Å²) in [5.41, 5.74) is 1.95. The van der Waals surface area contributed by atoms with Crippen molar-refractivity contribution < 1.29 is 22.7 Å². The van der Waals surface area contributed by atoms with Gasteiger partial charge in [0.05, 0.1) is 11.5 Å². The third kappa shape index (κ3) is 8.05. The summed E-state index contributed by atoms with van der Waals surface area (Å²) in [7, 11) is -3.19. The van der Waals surface area contributed by atoms with Gasteiger partial charge in [0, 0.05) is 45.4 Å². The molecule has 1 aliphatic heterocycles. The number of sulfone groups is 1. The summed E-state index contributed by atoms with van der Waals surface area (Å²) in [6.45, 7) is 10.0. The van der Waals surface area contributed by atoms with Crippen molar-refractivity contribution in [1.82, 2.24) is 9.80 Å². The summed E-state index contributed by atoms with van der Waals surface area (Å²) in [5.74, 6) is 0.657. The van der Waals surface area contributed by atoms with Crippen LogP contribution in [0.5, 0.6) is 5.75 Å². The molecule has 1 saturated heterocycles. The minimum Gasteiger partial charge on any atom is -0.493 e. The normalized spacial score (nSPS) is 15.3. The van der Waals surface area contributed by atoms with Crippen molar-refractivity contribution in [3.05, 3.63) is 59.7 Å². The maximum absolute atomic E-state index is 12.2. The number of nitrogens with zero attached hydrogens (tertiary/aromatic N) is 2. The molecule has 7 nitrogen and oxygen atoms in total. The number of piperazine rings is 1. The van der Waals surface area contributed by atoms with E-state index >= 15 is 0 Å². The van der Waals surface area contributed by atoms with E-state index in [0.717, 1.165) is 26.1 Å². The molecule has 1 fully saturated rings. The largest absolute Gasteiger partial charge is 0.493 e. The Morgan fingerprint density at radius 1 is 0.909 bits per heavy atom. The molecule has 8 heteroatoms. The molecule has 0 aliphatic carbocycles. The van der Waals surface area contributed by atoms with E-state index in [-0.39, 0.29) is 11.0 Å². The third-order valence-corrected chi connectivity index (χ3v) is 6.49.